The van der Waals surface area contributed by atoms with E-state index < -0.39 is 0 Å². The maximum absolute atomic E-state index is 5.69. The van der Waals surface area contributed by atoms with Crippen molar-refractivity contribution in [3.63, 3.8) is 0 Å². The van der Waals surface area contributed by atoms with Crippen LogP contribution in [0.1, 0.15) is 22.9 Å². The van der Waals surface area contributed by atoms with Gasteiger partial charge in [-0.05, 0) is 53.5 Å². The molecule has 27 heavy (non-hydrogen) atoms. The molecule has 0 unspecified atom stereocenters. The maximum atomic E-state index is 5.69. The van der Waals surface area contributed by atoms with Crippen molar-refractivity contribution < 1.29 is 4.74 Å². The summed E-state index contributed by atoms with van der Waals surface area (Å²) < 4.78 is 5.29. The number of nitrogens with zero attached hydrogens (tertiary/aromatic N) is 2. The molecule has 4 nitrogen and oxygen atoms in total. The van der Waals surface area contributed by atoms with Crippen LogP contribution in [-0.2, 0) is 0 Å². The molecule has 2 heterocycles. The van der Waals surface area contributed by atoms with Crippen LogP contribution >= 0.6 is 23.6 Å². The third-order valence-electron chi connectivity index (χ3n) is 4.45. The SMILES string of the molecule is COc1ccc([C@@H]2CC(c3cccs3)=NN2C(=S)Nc2ccccc2)cc1. The normalized spacial score (nSPS) is 16.1. The Morgan fingerprint density at radius 3 is 2.56 bits per heavy atom. The number of thiophene rings is 1. The molecule has 0 bridgehead atoms. The van der Waals surface area contributed by atoms with E-state index in [0.717, 1.165) is 29.1 Å². The fraction of sp³-hybridized carbons (Fsp3) is 0.143. The first-order valence-electron chi connectivity index (χ1n) is 8.65. The summed E-state index contributed by atoms with van der Waals surface area (Å²) in [7, 11) is 1.67. The third-order valence-corrected chi connectivity index (χ3v) is 5.66. The number of hydrogen-bond donors (Lipinski definition) is 1. The quantitative estimate of drug-likeness (QED) is 0.610. The number of thiocarbonyl (C=S) groups is 1. The van der Waals surface area contributed by atoms with Crippen molar-refractivity contribution in [1.82, 2.24) is 5.01 Å². The minimum absolute atomic E-state index is 0.0525. The molecule has 1 aromatic heterocycles. The van der Waals surface area contributed by atoms with E-state index in [4.69, 9.17) is 22.1 Å². The van der Waals surface area contributed by atoms with E-state index in [1.807, 2.05) is 53.5 Å². The van der Waals surface area contributed by atoms with Gasteiger partial charge in [0, 0.05) is 12.1 Å². The first-order valence-corrected chi connectivity index (χ1v) is 9.94. The Labute approximate surface area is 168 Å². The second-order valence-electron chi connectivity index (χ2n) is 6.16. The number of ether oxygens (including phenoxy) is 1. The van der Waals surface area contributed by atoms with E-state index >= 15 is 0 Å². The van der Waals surface area contributed by atoms with Crippen molar-refractivity contribution in [1.29, 1.82) is 0 Å². The molecule has 0 saturated carbocycles. The number of hydrazone groups is 1. The molecule has 0 fully saturated rings. The number of hydrogen-bond acceptors (Lipinski definition) is 4. The Balaban J connectivity index is 1.63. The molecule has 4 rings (SSSR count). The first kappa shape index (κ1) is 17.7. The summed E-state index contributed by atoms with van der Waals surface area (Å²) in [6, 6.07) is 22.3. The van der Waals surface area contributed by atoms with Gasteiger partial charge in [-0.15, -0.1) is 11.3 Å². The highest BCUT2D eigenvalue weighted by Gasteiger charge is 2.31. The number of rotatable bonds is 4. The molecule has 0 radical (unpaired) electrons. The first-order chi connectivity index (χ1) is 13.2. The Morgan fingerprint density at radius 2 is 1.89 bits per heavy atom. The average Bonchev–Trinajstić information content (AvgIpc) is 3.39. The van der Waals surface area contributed by atoms with Gasteiger partial charge in [0.15, 0.2) is 5.11 Å². The molecular weight excluding hydrogens is 374 g/mol. The Morgan fingerprint density at radius 1 is 1.11 bits per heavy atom. The highest BCUT2D eigenvalue weighted by Crippen LogP contribution is 2.35. The average molecular weight is 394 g/mol. The lowest BCUT2D eigenvalue weighted by Crippen LogP contribution is -2.31. The molecular formula is C21H19N3OS2. The van der Waals surface area contributed by atoms with Gasteiger partial charge in [-0.3, -0.25) is 0 Å². The number of anilines is 1. The van der Waals surface area contributed by atoms with Gasteiger partial charge in [-0.2, -0.15) is 5.10 Å². The zero-order chi connectivity index (χ0) is 18.6. The Hall–Kier alpha value is -2.70. The van der Waals surface area contributed by atoms with Gasteiger partial charge in [0.25, 0.3) is 0 Å². The van der Waals surface area contributed by atoms with E-state index in [9.17, 15) is 0 Å². The molecule has 0 aliphatic carbocycles. The Bertz CT molecular complexity index is 937. The van der Waals surface area contributed by atoms with Crippen molar-refractivity contribution in [3.05, 3.63) is 82.6 Å². The molecule has 3 aromatic rings. The van der Waals surface area contributed by atoms with Crippen molar-refractivity contribution in [2.24, 2.45) is 5.10 Å². The standard InChI is InChI=1S/C21H19N3OS2/c1-25-17-11-9-15(10-12-17)19-14-18(20-8-5-13-27-20)23-24(19)21(26)22-16-6-3-2-4-7-16/h2-13,19H,14H2,1H3,(H,22,26)/t19-/m0/s1. The van der Waals surface area contributed by atoms with Gasteiger partial charge in [0.1, 0.15) is 5.75 Å². The van der Waals surface area contributed by atoms with Gasteiger partial charge in [0.2, 0.25) is 0 Å². The molecule has 1 aliphatic heterocycles. The molecule has 0 amide bonds. The molecule has 1 aliphatic rings. The number of benzene rings is 2. The van der Waals surface area contributed by atoms with Crippen LogP contribution in [0.5, 0.6) is 5.75 Å². The monoisotopic (exact) mass is 393 g/mol. The summed E-state index contributed by atoms with van der Waals surface area (Å²) in [5.74, 6) is 0.840. The van der Waals surface area contributed by atoms with Crippen LogP contribution < -0.4 is 10.1 Å². The minimum Gasteiger partial charge on any atom is -0.497 e. The summed E-state index contributed by atoms with van der Waals surface area (Å²) in [4.78, 5) is 1.18. The summed E-state index contributed by atoms with van der Waals surface area (Å²) in [5, 5.41) is 12.7. The van der Waals surface area contributed by atoms with E-state index in [1.165, 1.54) is 4.88 Å². The molecule has 2 aromatic carbocycles. The lowest BCUT2D eigenvalue weighted by atomic mass is 10.0. The van der Waals surface area contributed by atoms with Crippen molar-refractivity contribution in [2.75, 3.05) is 12.4 Å². The highest BCUT2D eigenvalue weighted by molar-refractivity contribution is 7.80. The van der Waals surface area contributed by atoms with Gasteiger partial charge < -0.3 is 10.1 Å². The molecule has 136 valence electrons. The summed E-state index contributed by atoms with van der Waals surface area (Å²) >= 11 is 7.39. The topological polar surface area (TPSA) is 36.9 Å². The number of methoxy groups -OCH3 is 1. The second kappa shape index (κ2) is 7.90. The van der Waals surface area contributed by atoms with Crippen LogP contribution in [0.2, 0.25) is 0 Å². The van der Waals surface area contributed by atoms with Crippen LogP contribution in [0, 0.1) is 0 Å². The summed E-state index contributed by atoms with van der Waals surface area (Å²) in [6.45, 7) is 0. The fourth-order valence-electron chi connectivity index (χ4n) is 3.08. The van der Waals surface area contributed by atoms with Crippen LogP contribution in [0.15, 0.2) is 77.2 Å². The third kappa shape index (κ3) is 3.86. The van der Waals surface area contributed by atoms with Crippen molar-refractivity contribution in [2.45, 2.75) is 12.5 Å². The highest BCUT2D eigenvalue weighted by atomic mass is 32.1. The van der Waals surface area contributed by atoms with E-state index in [1.54, 1.807) is 18.4 Å². The molecule has 1 N–H and O–H groups in total. The van der Waals surface area contributed by atoms with Crippen molar-refractivity contribution >= 4 is 40.1 Å². The zero-order valence-corrected chi connectivity index (χ0v) is 16.5. The van der Waals surface area contributed by atoms with E-state index in [-0.39, 0.29) is 6.04 Å². The lowest BCUT2D eigenvalue weighted by molar-refractivity contribution is 0.374. The van der Waals surface area contributed by atoms with Crippen molar-refractivity contribution in [3.8, 4) is 5.75 Å². The molecule has 6 heteroatoms. The molecule has 1 atom stereocenters. The molecule has 0 saturated heterocycles. The molecule has 0 spiro atoms. The summed E-state index contributed by atoms with van der Waals surface area (Å²) in [6.07, 6.45) is 0.809. The number of nitrogens with one attached hydrogen (secondary N) is 1. The van der Waals surface area contributed by atoms with Gasteiger partial charge in [0.05, 0.1) is 23.7 Å². The minimum atomic E-state index is 0.0525. The van der Waals surface area contributed by atoms with Crippen LogP contribution in [0.3, 0.4) is 0 Å². The van der Waals surface area contributed by atoms with Gasteiger partial charge in [-0.25, -0.2) is 5.01 Å². The Kier molecular flexibility index (Phi) is 5.18. The number of para-hydroxylation sites is 1. The maximum Gasteiger partial charge on any atom is 0.194 e. The summed E-state index contributed by atoms with van der Waals surface area (Å²) in [5.41, 5.74) is 3.17. The van der Waals surface area contributed by atoms with Crippen LogP contribution in [0.4, 0.5) is 5.69 Å². The smallest absolute Gasteiger partial charge is 0.194 e. The lowest BCUT2D eigenvalue weighted by Gasteiger charge is -2.25. The van der Waals surface area contributed by atoms with Gasteiger partial charge >= 0.3 is 0 Å². The van der Waals surface area contributed by atoms with E-state index in [0.29, 0.717) is 5.11 Å². The van der Waals surface area contributed by atoms with E-state index in [2.05, 4.69) is 28.9 Å². The largest absolute Gasteiger partial charge is 0.497 e. The van der Waals surface area contributed by atoms with Crippen LogP contribution in [-0.4, -0.2) is 22.9 Å². The van der Waals surface area contributed by atoms with Gasteiger partial charge in [-0.1, -0.05) is 36.4 Å². The predicted octanol–water partition coefficient (Wildman–Crippen LogP) is 5.30. The fourth-order valence-corrected chi connectivity index (χ4v) is 4.08. The van der Waals surface area contributed by atoms with Crippen LogP contribution in [0.25, 0.3) is 0 Å². The zero-order valence-electron chi connectivity index (χ0n) is 14.8. The predicted molar refractivity (Wildman–Crippen MR) is 116 cm³/mol. The second-order valence-corrected chi connectivity index (χ2v) is 7.49.